The maximum atomic E-state index is 12.7. The lowest BCUT2D eigenvalue weighted by molar-refractivity contribution is -0.889. The van der Waals surface area contributed by atoms with Crippen molar-refractivity contribution in [3.63, 3.8) is 0 Å². The summed E-state index contributed by atoms with van der Waals surface area (Å²) >= 11 is 0. The number of ether oxygens (including phenoxy) is 3. The summed E-state index contributed by atoms with van der Waals surface area (Å²) in [5.41, 5.74) is 0. The van der Waals surface area contributed by atoms with Gasteiger partial charge in [-0.25, -0.2) is 0 Å². The Labute approximate surface area is 351 Å². The minimum atomic E-state index is -1.13. The molecule has 2 atom stereocenters. The zero-order chi connectivity index (χ0) is 42.1. The fourth-order valence-electron chi connectivity index (χ4n) is 6.82. The third-order valence-electron chi connectivity index (χ3n) is 10.5. The van der Waals surface area contributed by atoms with Crippen molar-refractivity contribution >= 4 is 17.9 Å². The van der Waals surface area contributed by atoms with Crippen LogP contribution in [-0.2, 0) is 28.6 Å². The number of nitrogens with zero attached hydrogens (tertiary/aromatic N) is 1. The van der Waals surface area contributed by atoms with Crippen LogP contribution in [-0.4, -0.2) is 75.5 Å². The van der Waals surface area contributed by atoms with E-state index in [0.717, 1.165) is 32.1 Å². The summed E-state index contributed by atoms with van der Waals surface area (Å²) in [7, 11) is 5.39. The van der Waals surface area contributed by atoms with E-state index in [-0.39, 0.29) is 49.1 Å². The van der Waals surface area contributed by atoms with Gasteiger partial charge in [-0.3, -0.25) is 9.59 Å². The van der Waals surface area contributed by atoms with E-state index in [0.29, 0.717) is 12.8 Å². The molecule has 0 rings (SSSR count). The lowest BCUT2D eigenvalue weighted by Gasteiger charge is -2.34. The molecule has 0 fully saturated rings. The lowest BCUT2D eigenvalue weighted by atomic mass is 10.1. The molecule has 0 aromatic carbocycles. The normalized spacial score (nSPS) is 13.2. The first-order valence-electron chi connectivity index (χ1n) is 23.5. The van der Waals surface area contributed by atoms with Gasteiger partial charge in [-0.2, -0.15) is 0 Å². The summed E-state index contributed by atoms with van der Waals surface area (Å²) < 4.78 is 17.1. The van der Waals surface area contributed by atoms with Crippen molar-refractivity contribution in [2.24, 2.45) is 0 Å². The number of esters is 2. The first kappa shape index (κ1) is 54.6. The quantitative estimate of drug-likeness (QED) is 0.0262. The smallest absolute Gasteiger partial charge is 0.306 e. The molecule has 0 spiro atoms. The van der Waals surface area contributed by atoms with E-state index < -0.39 is 18.1 Å². The minimum absolute atomic E-state index is 0.0232. The Kier molecular flexibility index (Phi) is 38.6. The number of likely N-dealkylation sites (N-methyl/N-ethyl adjacent to an activating group) is 1. The molecule has 57 heavy (non-hydrogen) atoms. The second kappa shape index (κ2) is 40.3. The number of quaternary nitrogens is 1. The summed E-state index contributed by atoms with van der Waals surface area (Å²) in [6.07, 6.45) is 46.2. The number of unbranched alkanes of at least 4 members (excludes halogenated alkanes) is 22. The van der Waals surface area contributed by atoms with Crippen LogP contribution in [0.2, 0.25) is 0 Å². The van der Waals surface area contributed by atoms with Crippen molar-refractivity contribution in [3.8, 4) is 0 Å². The van der Waals surface area contributed by atoms with Crippen LogP contribution in [0, 0.1) is 0 Å². The van der Waals surface area contributed by atoms with Crippen molar-refractivity contribution in [2.45, 2.75) is 219 Å². The summed E-state index contributed by atoms with van der Waals surface area (Å²) in [4.78, 5) is 36.8. The van der Waals surface area contributed by atoms with Crippen molar-refractivity contribution < 1.29 is 38.2 Å². The van der Waals surface area contributed by atoms with Crippen molar-refractivity contribution in [2.75, 3.05) is 41.0 Å². The van der Waals surface area contributed by atoms with Gasteiger partial charge in [-0.05, 0) is 57.8 Å². The number of aliphatic carboxylic acids is 1. The third kappa shape index (κ3) is 38.8. The number of carbonyl (C=O) groups excluding carboxylic acids is 3. The fourth-order valence-corrected chi connectivity index (χ4v) is 6.82. The highest BCUT2D eigenvalue weighted by Crippen LogP contribution is 2.14. The molecule has 0 N–H and O–H groups in total. The predicted octanol–water partition coefficient (Wildman–Crippen LogP) is 11.7. The van der Waals surface area contributed by atoms with E-state index in [1.807, 2.05) is 6.08 Å². The van der Waals surface area contributed by atoms with Crippen LogP contribution < -0.4 is 5.11 Å². The first-order valence-corrected chi connectivity index (χ1v) is 23.5. The Bertz CT molecular complexity index is 1030. The zero-order valence-corrected chi connectivity index (χ0v) is 37.8. The van der Waals surface area contributed by atoms with E-state index in [1.54, 1.807) is 21.1 Å². The number of hydrogen-bond donors (Lipinski definition) is 0. The Morgan fingerprint density at radius 1 is 0.526 bits per heavy atom. The summed E-state index contributed by atoms with van der Waals surface area (Å²) in [6, 6.07) is -0.733. The van der Waals surface area contributed by atoms with E-state index >= 15 is 0 Å². The minimum Gasteiger partial charge on any atom is -0.544 e. The standard InChI is InChI=1S/C49H89NO7/c1-6-8-10-12-14-16-18-20-21-22-23-24-25-26-28-30-32-34-36-38-40-48(52)57-45(43-55-42-41-46(49(53)54)50(3,4)5)44-56-47(51)39-37-35-33-31-29-27-19-17-15-13-11-9-7-2/h23-24,27,29,33,35,45-46H,6-22,25-26,28,30-32,34,36-44H2,1-5H3/b24-23+,29-27+,35-33+. The highest BCUT2D eigenvalue weighted by molar-refractivity contribution is 5.70. The van der Waals surface area contributed by atoms with E-state index in [1.165, 1.54) is 135 Å². The van der Waals surface area contributed by atoms with Crippen LogP contribution in [0.5, 0.6) is 0 Å². The molecule has 0 aromatic heterocycles. The second-order valence-corrected chi connectivity index (χ2v) is 17.0. The number of hydrogen-bond acceptors (Lipinski definition) is 7. The average Bonchev–Trinajstić information content (AvgIpc) is 3.17. The van der Waals surface area contributed by atoms with Gasteiger partial charge < -0.3 is 28.6 Å². The molecule has 332 valence electrons. The lowest BCUT2D eigenvalue weighted by Crippen LogP contribution is -2.55. The topological polar surface area (TPSA) is 102 Å². The molecule has 0 saturated carbocycles. The van der Waals surface area contributed by atoms with E-state index in [9.17, 15) is 19.5 Å². The van der Waals surface area contributed by atoms with Crippen molar-refractivity contribution in [3.05, 3.63) is 36.5 Å². The molecule has 0 amide bonds. The second-order valence-electron chi connectivity index (χ2n) is 17.0. The van der Waals surface area contributed by atoms with E-state index in [2.05, 4.69) is 44.2 Å². The summed E-state index contributed by atoms with van der Waals surface area (Å²) in [6.45, 7) is 4.60. The van der Waals surface area contributed by atoms with Gasteiger partial charge in [0.05, 0.1) is 40.3 Å². The molecule has 0 saturated heterocycles. The molecule has 0 bridgehead atoms. The monoisotopic (exact) mass is 804 g/mol. The number of allylic oxidation sites excluding steroid dienone is 6. The number of carboxylic acid groups (broad SMARTS) is 1. The molecule has 0 aliphatic carbocycles. The molecule has 0 aliphatic rings. The number of carbonyl (C=O) groups is 3. The zero-order valence-electron chi connectivity index (χ0n) is 37.8. The van der Waals surface area contributed by atoms with Crippen molar-refractivity contribution in [1.82, 2.24) is 0 Å². The van der Waals surface area contributed by atoms with Gasteiger partial charge in [-0.1, -0.05) is 166 Å². The maximum Gasteiger partial charge on any atom is 0.306 e. The highest BCUT2D eigenvalue weighted by atomic mass is 16.6. The van der Waals surface area contributed by atoms with Crippen LogP contribution >= 0.6 is 0 Å². The van der Waals surface area contributed by atoms with Gasteiger partial charge in [0, 0.05) is 19.3 Å². The maximum absolute atomic E-state index is 12.7. The van der Waals surface area contributed by atoms with Crippen LogP contribution in [0.1, 0.15) is 206 Å². The largest absolute Gasteiger partial charge is 0.544 e. The molecule has 0 heterocycles. The summed E-state index contributed by atoms with van der Waals surface area (Å²) in [5.74, 6) is -1.82. The first-order chi connectivity index (χ1) is 27.6. The van der Waals surface area contributed by atoms with Crippen LogP contribution in [0.15, 0.2) is 36.5 Å². The Balaban J connectivity index is 4.33. The van der Waals surface area contributed by atoms with Gasteiger partial charge >= 0.3 is 11.9 Å². The molecular weight excluding hydrogens is 715 g/mol. The van der Waals surface area contributed by atoms with Gasteiger partial charge in [0.15, 0.2) is 6.10 Å². The molecule has 2 unspecified atom stereocenters. The van der Waals surface area contributed by atoms with Gasteiger partial charge in [0.1, 0.15) is 12.6 Å². The molecular formula is C49H89NO7. The third-order valence-corrected chi connectivity index (χ3v) is 10.5. The van der Waals surface area contributed by atoms with Crippen molar-refractivity contribution in [1.29, 1.82) is 0 Å². The Hall–Kier alpha value is -2.45. The number of rotatable bonds is 42. The van der Waals surface area contributed by atoms with Crippen LogP contribution in [0.25, 0.3) is 0 Å². The van der Waals surface area contributed by atoms with Gasteiger partial charge in [0.2, 0.25) is 0 Å². The molecule has 0 radical (unpaired) electrons. The van der Waals surface area contributed by atoms with Gasteiger partial charge in [-0.15, -0.1) is 0 Å². The molecule has 8 nitrogen and oxygen atoms in total. The van der Waals surface area contributed by atoms with Crippen LogP contribution in [0.4, 0.5) is 0 Å². The Morgan fingerprint density at radius 2 is 0.965 bits per heavy atom. The summed E-state index contributed by atoms with van der Waals surface area (Å²) in [5, 5.41) is 11.6. The predicted molar refractivity (Wildman–Crippen MR) is 236 cm³/mol. The van der Waals surface area contributed by atoms with Gasteiger partial charge in [0.25, 0.3) is 0 Å². The SMILES string of the molecule is CCCCCCCC/C=C/C/C=C/CCC(=O)OCC(COCCC(C(=O)[O-])[N+](C)(C)C)OC(=O)CCCCCCCCC/C=C/CCCCCCCCCCC. The van der Waals surface area contributed by atoms with E-state index in [4.69, 9.17) is 14.2 Å². The molecule has 0 aromatic rings. The highest BCUT2D eigenvalue weighted by Gasteiger charge is 2.25. The fraction of sp³-hybridized carbons (Fsp3) is 0.816. The van der Waals surface area contributed by atoms with Crippen LogP contribution in [0.3, 0.4) is 0 Å². The molecule has 0 aliphatic heterocycles. The average molecular weight is 804 g/mol. The Morgan fingerprint density at radius 3 is 1.44 bits per heavy atom. The molecule has 8 heteroatoms. The number of carboxylic acids is 1.